The normalized spacial score (nSPS) is 19.3. The molecule has 1 fully saturated rings. The third kappa shape index (κ3) is 5.33. The Balaban J connectivity index is 2.00. The summed E-state index contributed by atoms with van der Waals surface area (Å²) in [5.74, 6) is -0.705. The highest BCUT2D eigenvalue weighted by Crippen LogP contribution is 2.25. The van der Waals surface area contributed by atoms with Gasteiger partial charge in [0.2, 0.25) is 5.91 Å². The van der Waals surface area contributed by atoms with Gasteiger partial charge in [-0.2, -0.15) is 26.3 Å². The number of amides is 1. The zero-order chi connectivity index (χ0) is 17.3. The molecule has 1 atom stereocenters. The number of carbonyl (C=O) groups is 1. The Kier molecular flexibility index (Phi) is 4.76. The molecule has 0 aliphatic carbocycles. The molecule has 1 aromatic carbocycles. The lowest BCUT2D eigenvalue weighted by Gasteiger charge is -2.19. The Morgan fingerprint density at radius 1 is 1.13 bits per heavy atom. The highest BCUT2D eigenvalue weighted by molar-refractivity contribution is 5.86. The van der Waals surface area contributed by atoms with E-state index in [2.05, 4.69) is 5.32 Å². The maximum absolute atomic E-state index is 12.4. The molecular weight excluding hydrogens is 326 g/mol. The van der Waals surface area contributed by atoms with Crippen molar-refractivity contribution in [2.45, 2.75) is 31.2 Å². The van der Waals surface area contributed by atoms with Crippen molar-refractivity contribution in [1.29, 1.82) is 0 Å². The molecule has 128 valence electrons. The van der Waals surface area contributed by atoms with Crippen LogP contribution in [0.2, 0.25) is 0 Å². The van der Waals surface area contributed by atoms with E-state index >= 15 is 0 Å². The second-order valence-electron chi connectivity index (χ2n) is 5.35. The lowest BCUT2D eigenvalue weighted by Crippen LogP contribution is -2.39. The molecule has 0 spiro atoms. The minimum Gasteiger partial charge on any atom is -0.374 e. The molecule has 0 unspecified atom stereocenters. The van der Waals surface area contributed by atoms with Crippen molar-refractivity contribution in [3.8, 4) is 0 Å². The minimum atomic E-state index is -4.48. The molecule has 1 aromatic rings. The molecule has 0 saturated carbocycles. The summed E-state index contributed by atoms with van der Waals surface area (Å²) in [5, 5.41) is 2.71. The first-order valence-electron chi connectivity index (χ1n) is 6.81. The second kappa shape index (κ2) is 6.29. The zero-order valence-electron chi connectivity index (χ0n) is 11.8. The van der Waals surface area contributed by atoms with Crippen molar-refractivity contribution in [3.63, 3.8) is 0 Å². The number of hydrogen-bond acceptors (Lipinski definition) is 2. The number of nitrogens with one attached hydrogen (secondary N) is 1. The maximum atomic E-state index is 12.4. The Bertz CT molecular complexity index is 569. The van der Waals surface area contributed by atoms with Crippen LogP contribution in [0.5, 0.6) is 0 Å². The van der Waals surface area contributed by atoms with Crippen LogP contribution in [0.25, 0.3) is 0 Å². The van der Waals surface area contributed by atoms with Gasteiger partial charge in [0.1, 0.15) is 12.6 Å². The van der Waals surface area contributed by atoms with Gasteiger partial charge in [-0.25, -0.2) is 0 Å². The zero-order valence-corrected chi connectivity index (χ0v) is 11.8. The average Bonchev–Trinajstić information content (AvgIpc) is 2.68. The van der Waals surface area contributed by atoms with Gasteiger partial charge in [-0.1, -0.05) is 12.1 Å². The van der Waals surface area contributed by atoms with E-state index in [1.807, 2.05) is 0 Å². The van der Waals surface area contributed by atoms with Crippen LogP contribution >= 0.6 is 0 Å². The standard InChI is InChI=1S/C14H14F6N2O/c15-13(16,17)7-9-2-1-3-10(6-9)21-11-4-5-22(12(11)23)8-14(18,19)20/h1-3,6,11,21H,4-5,7-8H2/t11-/m1/s1. The molecule has 1 aliphatic rings. The Hall–Kier alpha value is -1.93. The van der Waals surface area contributed by atoms with Gasteiger partial charge in [-0.15, -0.1) is 0 Å². The van der Waals surface area contributed by atoms with Crippen molar-refractivity contribution >= 4 is 11.6 Å². The summed E-state index contributed by atoms with van der Waals surface area (Å²) >= 11 is 0. The average molecular weight is 340 g/mol. The number of benzene rings is 1. The predicted molar refractivity (Wildman–Crippen MR) is 70.9 cm³/mol. The molecule has 1 heterocycles. The molecule has 0 radical (unpaired) electrons. The van der Waals surface area contributed by atoms with E-state index in [0.29, 0.717) is 4.90 Å². The molecule has 0 bridgehead atoms. The number of nitrogens with zero attached hydrogens (tertiary/aromatic N) is 1. The summed E-state index contributed by atoms with van der Waals surface area (Å²) in [7, 11) is 0. The van der Waals surface area contributed by atoms with Crippen molar-refractivity contribution in [2.75, 3.05) is 18.4 Å². The number of hydrogen-bond donors (Lipinski definition) is 1. The smallest absolute Gasteiger partial charge is 0.374 e. The summed E-state index contributed by atoms with van der Waals surface area (Å²) in [4.78, 5) is 12.6. The Morgan fingerprint density at radius 3 is 2.43 bits per heavy atom. The molecular formula is C14H14F6N2O. The van der Waals surface area contributed by atoms with Gasteiger partial charge in [0.05, 0.1) is 6.42 Å². The topological polar surface area (TPSA) is 32.3 Å². The summed E-state index contributed by atoms with van der Waals surface area (Å²) in [6.45, 7) is -1.36. The van der Waals surface area contributed by atoms with Crippen molar-refractivity contribution in [2.24, 2.45) is 0 Å². The van der Waals surface area contributed by atoms with Crippen molar-refractivity contribution in [1.82, 2.24) is 4.90 Å². The second-order valence-corrected chi connectivity index (χ2v) is 5.35. The van der Waals surface area contributed by atoms with E-state index in [1.165, 1.54) is 24.3 Å². The molecule has 1 N–H and O–H groups in total. The minimum absolute atomic E-state index is 0.0140. The number of alkyl halides is 6. The third-order valence-electron chi connectivity index (χ3n) is 3.34. The summed E-state index contributed by atoms with van der Waals surface area (Å²) in [5.41, 5.74) is 0.291. The first-order chi connectivity index (χ1) is 10.5. The largest absolute Gasteiger partial charge is 0.406 e. The first-order valence-corrected chi connectivity index (χ1v) is 6.81. The van der Waals surface area contributed by atoms with Crippen LogP contribution in [0.3, 0.4) is 0 Å². The van der Waals surface area contributed by atoms with Crippen LogP contribution in [0.15, 0.2) is 24.3 Å². The predicted octanol–water partition coefficient (Wildman–Crippen LogP) is 3.37. The molecule has 2 rings (SSSR count). The number of halogens is 6. The van der Waals surface area contributed by atoms with Crippen LogP contribution < -0.4 is 5.32 Å². The van der Waals surface area contributed by atoms with E-state index < -0.39 is 37.3 Å². The van der Waals surface area contributed by atoms with Gasteiger partial charge < -0.3 is 10.2 Å². The quantitative estimate of drug-likeness (QED) is 0.853. The molecule has 1 saturated heterocycles. The van der Waals surface area contributed by atoms with Gasteiger partial charge >= 0.3 is 12.4 Å². The van der Waals surface area contributed by atoms with E-state index in [0.717, 1.165) is 0 Å². The highest BCUT2D eigenvalue weighted by Gasteiger charge is 2.39. The van der Waals surface area contributed by atoms with E-state index in [9.17, 15) is 31.1 Å². The summed E-state index contributed by atoms with van der Waals surface area (Å²) in [6.07, 6.45) is -9.78. The molecule has 9 heteroatoms. The van der Waals surface area contributed by atoms with Crippen LogP contribution in [0.1, 0.15) is 12.0 Å². The first kappa shape index (κ1) is 17.4. The van der Waals surface area contributed by atoms with Gasteiger partial charge in [-0.3, -0.25) is 4.79 Å². The van der Waals surface area contributed by atoms with Crippen LogP contribution in [0.4, 0.5) is 32.0 Å². The maximum Gasteiger partial charge on any atom is 0.406 e. The third-order valence-corrected chi connectivity index (χ3v) is 3.34. The van der Waals surface area contributed by atoms with Crippen molar-refractivity contribution < 1.29 is 31.1 Å². The van der Waals surface area contributed by atoms with Gasteiger partial charge in [0.15, 0.2) is 0 Å². The summed E-state index contributed by atoms with van der Waals surface area (Å²) in [6, 6.07) is 4.55. The number of likely N-dealkylation sites (tertiary alicyclic amines) is 1. The summed E-state index contributed by atoms with van der Waals surface area (Å²) < 4.78 is 74.1. The highest BCUT2D eigenvalue weighted by atomic mass is 19.4. The Morgan fingerprint density at radius 2 is 1.83 bits per heavy atom. The fourth-order valence-electron chi connectivity index (χ4n) is 2.45. The molecule has 1 aliphatic heterocycles. The lowest BCUT2D eigenvalue weighted by atomic mass is 10.1. The van der Waals surface area contributed by atoms with Crippen LogP contribution in [0, 0.1) is 0 Å². The van der Waals surface area contributed by atoms with E-state index in [1.54, 1.807) is 0 Å². The van der Waals surface area contributed by atoms with Crippen LogP contribution in [-0.2, 0) is 11.2 Å². The number of rotatable bonds is 4. The van der Waals surface area contributed by atoms with Gasteiger partial charge in [0, 0.05) is 12.2 Å². The number of carbonyl (C=O) groups excluding carboxylic acids is 1. The van der Waals surface area contributed by atoms with Gasteiger partial charge in [-0.05, 0) is 24.1 Å². The van der Waals surface area contributed by atoms with E-state index in [4.69, 9.17) is 0 Å². The fraction of sp³-hybridized carbons (Fsp3) is 0.500. The molecule has 1 amide bonds. The molecule has 23 heavy (non-hydrogen) atoms. The fourth-order valence-corrected chi connectivity index (χ4v) is 2.45. The SMILES string of the molecule is O=C1[C@H](Nc2cccc(CC(F)(F)F)c2)CCN1CC(F)(F)F. The lowest BCUT2D eigenvalue weighted by molar-refractivity contribution is -0.157. The van der Waals surface area contributed by atoms with Crippen LogP contribution in [-0.4, -0.2) is 42.3 Å². The monoisotopic (exact) mass is 340 g/mol. The number of anilines is 1. The molecule has 3 nitrogen and oxygen atoms in total. The Labute approximate surface area is 128 Å². The van der Waals surface area contributed by atoms with Gasteiger partial charge in [0.25, 0.3) is 0 Å². The molecule has 0 aromatic heterocycles. The van der Waals surface area contributed by atoms with Crippen molar-refractivity contribution in [3.05, 3.63) is 29.8 Å². The van der Waals surface area contributed by atoms with E-state index in [-0.39, 0.29) is 24.2 Å².